The van der Waals surface area contributed by atoms with E-state index in [0.29, 0.717) is 12.3 Å². The zero-order valence-electron chi connectivity index (χ0n) is 14.6. The maximum Gasteiger partial charge on any atom is 0.327 e. The molecule has 1 aliphatic rings. The van der Waals surface area contributed by atoms with Crippen LogP contribution in [-0.2, 0) is 20.7 Å². The number of rotatable bonds is 6. The topological polar surface area (TPSA) is 71.0 Å². The first-order valence-electron chi connectivity index (χ1n) is 8.58. The molecule has 0 saturated carbocycles. The van der Waals surface area contributed by atoms with Crippen LogP contribution in [0.25, 0.3) is 0 Å². The fourth-order valence-corrected chi connectivity index (χ4v) is 2.76. The lowest BCUT2D eigenvalue weighted by atomic mass is 10.0. The third-order valence-electron chi connectivity index (χ3n) is 3.99. The number of nitrogens with zero attached hydrogens (tertiary/aromatic N) is 2. The number of benzene rings is 2. The second kappa shape index (κ2) is 8.29. The smallest absolute Gasteiger partial charge is 0.327 e. The van der Waals surface area contributed by atoms with E-state index in [-0.39, 0.29) is 19.1 Å². The number of carbonyl (C=O) groups excluding carboxylic acids is 2. The zero-order chi connectivity index (χ0) is 18.4. The summed E-state index contributed by atoms with van der Waals surface area (Å²) < 4.78 is 4.97. The van der Waals surface area contributed by atoms with Gasteiger partial charge in [-0.15, -0.1) is 0 Å². The molecule has 1 atom stereocenters. The van der Waals surface area contributed by atoms with Crippen molar-refractivity contribution in [2.45, 2.75) is 19.4 Å². The van der Waals surface area contributed by atoms with Crippen molar-refractivity contribution in [3.63, 3.8) is 0 Å². The van der Waals surface area contributed by atoms with E-state index in [1.165, 1.54) is 5.01 Å². The average Bonchev–Trinajstić information content (AvgIpc) is 2.66. The number of esters is 1. The summed E-state index contributed by atoms with van der Waals surface area (Å²) in [6.45, 7) is 1.84. The maximum absolute atomic E-state index is 12.8. The normalized spacial score (nSPS) is 16.7. The Morgan fingerprint density at radius 1 is 1.12 bits per heavy atom. The molecule has 3 rings (SSSR count). The van der Waals surface area contributed by atoms with Crippen molar-refractivity contribution >= 4 is 17.7 Å². The fraction of sp³-hybridized carbons (Fsp3) is 0.250. The first-order valence-corrected chi connectivity index (χ1v) is 8.58. The van der Waals surface area contributed by atoms with Crippen LogP contribution in [0, 0.1) is 0 Å². The number of aliphatic imine (C=N–C) groups is 1. The molecule has 0 aromatic heterocycles. The van der Waals surface area contributed by atoms with Crippen LogP contribution < -0.4 is 5.43 Å². The molecule has 0 unspecified atom stereocenters. The molecule has 1 aliphatic heterocycles. The zero-order valence-corrected chi connectivity index (χ0v) is 14.6. The van der Waals surface area contributed by atoms with Crippen molar-refractivity contribution in [2.24, 2.45) is 4.99 Å². The molecule has 0 bridgehead atoms. The summed E-state index contributed by atoms with van der Waals surface area (Å²) in [5.41, 5.74) is 4.83. The number of amides is 1. The molecule has 1 N–H and O–H groups in total. The van der Waals surface area contributed by atoms with E-state index in [0.717, 1.165) is 11.1 Å². The van der Waals surface area contributed by atoms with Crippen molar-refractivity contribution in [1.82, 2.24) is 10.4 Å². The summed E-state index contributed by atoms with van der Waals surface area (Å²) in [6, 6.07) is 18.6. The van der Waals surface area contributed by atoms with Crippen LogP contribution in [0.15, 0.2) is 65.7 Å². The summed E-state index contributed by atoms with van der Waals surface area (Å²) in [5, 5.41) is 1.29. The van der Waals surface area contributed by atoms with Gasteiger partial charge in [0.1, 0.15) is 18.4 Å². The van der Waals surface area contributed by atoms with Gasteiger partial charge in [-0.2, -0.15) is 0 Å². The van der Waals surface area contributed by atoms with E-state index in [1.807, 2.05) is 60.7 Å². The lowest BCUT2D eigenvalue weighted by Crippen LogP contribution is -2.56. The van der Waals surface area contributed by atoms with Gasteiger partial charge in [0, 0.05) is 12.0 Å². The molecule has 2 aromatic carbocycles. The molecule has 2 aromatic rings. The van der Waals surface area contributed by atoms with Crippen LogP contribution in [-0.4, -0.2) is 41.9 Å². The second-order valence-corrected chi connectivity index (χ2v) is 5.89. The van der Waals surface area contributed by atoms with Crippen molar-refractivity contribution in [2.75, 3.05) is 13.2 Å². The Bertz CT molecular complexity index is 790. The van der Waals surface area contributed by atoms with Gasteiger partial charge >= 0.3 is 5.97 Å². The van der Waals surface area contributed by atoms with Gasteiger partial charge in [0.15, 0.2) is 0 Å². The minimum absolute atomic E-state index is 0.163. The molecule has 0 aliphatic carbocycles. The Kier molecular flexibility index (Phi) is 5.63. The molecule has 1 amide bonds. The van der Waals surface area contributed by atoms with E-state index in [4.69, 9.17) is 4.74 Å². The highest BCUT2D eigenvalue weighted by Gasteiger charge is 2.32. The highest BCUT2D eigenvalue weighted by atomic mass is 16.5. The third-order valence-corrected chi connectivity index (χ3v) is 3.99. The van der Waals surface area contributed by atoms with Gasteiger partial charge in [0.05, 0.1) is 6.61 Å². The van der Waals surface area contributed by atoms with Gasteiger partial charge in [-0.25, -0.2) is 5.01 Å². The number of ether oxygens (including phenoxy) is 1. The lowest BCUT2D eigenvalue weighted by molar-refractivity contribution is -0.151. The molecular formula is C20H21N3O3. The van der Waals surface area contributed by atoms with Gasteiger partial charge < -0.3 is 4.74 Å². The Morgan fingerprint density at radius 3 is 2.42 bits per heavy atom. The minimum atomic E-state index is -0.594. The number of hydrogen-bond acceptors (Lipinski definition) is 5. The molecule has 134 valence electrons. The van der Waals surface area contributed by atoms with E-state index in [9.17, 15) is 9.59 Å². The lowest BCUT2D eigenvalue weighted by Gasteiger charge is -2.31. The van der Waals surface area contributed by atoms with E-state index < -0.39 is 12.0 Å². The van der Waals surface area contributed by atoms with Crippen LogP contribution in [0.2, 0.25) is 0 Å². The minimum Gasteiger partial charge on any atom is -0.465 e. The van der Waals surface area contributed by atoms with Crippen LogP contribution in [0.1, 0.15) is 18.1 Å². The molecule has 6 nitrogen and oxygen atoms in total. The molecule has 1 heterocycles. The Balaban J connectivity index is 1.87. The Hall–Kier alpha value is -3.15. The van der Waals surface area contributed by atoms with Gasteiger partial charge in [-0.1, -0.05) is 60.7 Å². The van der Waals surface area contributed by atoms with Gasteiger partial charge in [0.25, 0.3) is 5.91 Å². The highest BCUT2D eigenvalue weighted by molar-refractivity contribution is 6.04. The summed E-state index contributed by atoms with van der Waals surface area (Å²) in [4.78, 5) is 29.3. The average molecular weight is 351 g/mol. The second-order valence-electron chi connectivity index (χ2n) is 5.89. The number of hydrogen-bond donors (Lipinski definition) is 1. The number of carbonyl (C=O) groups is 2. The number of amidine groups is 1. The fourth-order valence-electron chi connectivity index (χ4n) is 2.76. The van der Waals surface area contributed by atoms with E-state index in [2.05, 4.69) is 10.4 Å². The Labute approximate surface area is 152 Å². The predicted octanol–water partition coefficient (Wildman–Crippen LogP) is 1.95. The van der Waals surface area contributed by atoms with Gasteiger partial charge in [0.2, 0.25) is 0 Å². The van der Waals surface area contributed by atoms with Crippen LogP contribution >= 0.6 is 0 Å². The maximum atomic E-state index is 12.8. The number of nitrogens with one attached hydrogen (secondary N) is 1. The van der Waals surface area contributed by atoms with E-state index in [1.54, 1.807) is 6.92 Å². The van der Waals surface area contributed by atoms with Crippen LogP contribution in [0.4, 0.5) is 0 Å². The van der Waals surface area contributed by atoms with Crippen LogP contribution in [0.3, 0.4) is 0 Å². The summed E-state index contributed by atoms with van der Waals surface area (Å²) >= 11 is 0. The molecule has 0 saturated heterocycles. The standard InChI is InChI=1S/C20H21N3O3/c1-2-26-18(24)14-23-20(25)17(13-15-9-5-3-6-10-15)21-19(22-23)16-11-7-4-8-12-16/h3-12,17H,2,13-14H2,1H3,(H,21,22)/t17-/m0/s1. The van der Waals surface area contributed by atoms with Crippen molar-refractivity contribution in [3.8, 4) is 0 Å². The molecule has 0 radical (unpaired) electrons. The summed E-state index contributed by atoms with van der Waals surface area (Å²) in [5.74, 6) is -0.141. The molecular weight excluding hydrogens is 330 g/mol. The quantitative estimate of drug-likeness (QED) is 0.808. The molecule has 0 fully saturated rings. The highest BCUT2D eigenvalue weighted by Crippen LogP contribution is 2.14. The van der Waals surface area contributed by atoms with Crippen LogP contribution in [0.5, 0.6) is 0 Å². The van der Waals surface area contributed by atoms with Gasteiger partial charge in [-0.3, -0.25) is 20.0 Å². The SMILES string of the molecule is CCOC(=O)CN1NC(c2ccccc2)=N[C@@H](Cc2ccccc2)C1=O. The van der Waals surface area contributed by atoms with E-state index >= 15 is 0 Å². The Morgan fingerprint density at radius 2 is 1.77 bits per heavy atom. The third kappa shape index (κ3) is 4.27. The first kappa shape index (κ1) is 17.7. The van der Waals surface area contributed by atoms with Crippen molar-refractivity contribution in [1.29, 1.82) is 0 Å². The molecule has 26 heavy (non-hydrogen) atoms. The number of hydrazine groups is 1. The van der Waals surface area contributed by atoms with Crippen molar-refractivity contribution in [3.05, 3.63) is 71.8 Å². The molecule has 6 heteroatoms. The first-order chi connectivity index (χ1) is 12.7. The summed E-state index contributed by atoms with van der Waals surface area (Å²) in [7, 11) is 0. The summed E-state index contributed by atoms with van der Waals surface area (Å²) in [6.07, 6.45) is 0.469. The monoisotopic (exact) mass is 351 g/mol. The van der Waals surface area contributed by atoms with Crippen molar-refractivity contribution < 1.29 is 14.3 Å². The molecule has 0 spiro atoms. The predicted molar refractivity (Wildman–Crippen MR) is 98.4 cm³/mol. The largest absolute Gasteiger partial charge is 0.465 e. The van der Waals surface area contributed by atoms with Gasteiger partial charge in [-0.05, 0) is 12.5 Å².